The van der Waals surface area contributed by atoms with Crippen molar-refractivity contribution >= 4 is 20.4 Å². The maximum absolute atomic E-state index is 15.1. The monoisotopic (exact) mass is 1140 g/mol. The molecule has 0 radical (unpaired) electrons. The van der Waals surface area contributed by atoms with Gasteiger partial charge >= 0.3 is 10.2 Å². The van der Waals surface area contributed by atoms with E-state index >= 15 is 8.42 Å². The van der Waals surface area contributed by atoms with Crippen LogP contribution >= 0.6 is 0 Å². The summed E-state index contributed by atoms with van der Waals surface area (Å²) in [6.07, 6.45) is 3.31. The molecule has 466 valence electrons. The maximum atomic E-state index is 15.1. The average Bonchev–Trinajstić information content (AvgIpc) is 3.01. The summed E-state index contributed by atoms with van der Waals surface area (Å²) >= 11 is 0. The van der Waals surface area contributed by atoms with Crippen molar-refractivity contribution < 1.29 is 16.8 Å². The van der Waals surface area contributed by atoms with Gasteiger partial charge < -0.3 is 0 Å². The highest BCUT2D eigenvalue weighted by Crippen LogP contribution is 2.78. The van der Waals surface area contributed by atoms with Gasteiger partial charge in [0.05, 0.1) is 11.1 Å². The quantitative estimate of drug-likeness (QED) is 0.140. The summed E-state index contributed by atoms with van der Waals surface area (Å²) in [4.78, 5) is 2.89. The molecule has 4 atom stereocenters. The van der Waals surface area contributed by atoms with E-state index in [-0.39, 0.29) is 49.2 Å². The summed E-state index contributed by atoms with van der Waals surface area (Å²) in [5.41, 5.74) is 0.999. The normalized spacial score (nSPS) is 23.0. The Morgan fingerprint density at radius 3 is 1.08 bits per heavy atom. The van der Waals surface area contributed by atoms with Crippen LogP contribution in [0.15, 0.2) is 4.52 Å². The molecular formula is C66H136N6O4S2. The van der Waals surface area contributed by atoms with Crippen molar-refractivity contribution in [3.05, 3.63) is 10.4 Å². The van der Waals surface area contributed by atoms with Crippen molar-refractivity contribution in [3.63, 3.8) is 0 Å². The summed E-state index contributed by atoms with van der Waals surface area (Å²) in [5, 5.41) is 0. The van der Waals surface area contributed by atoms with Gasteiger partial charge in [-0.05, 0) is 149 Å². The molecule has 0 spiro atoms. The van der Waals surface area contributed by atoms with Gasteiger partial charge in [0.1, 0.15) is 0 Å². The lowest BCUT2D eigenvalue weighted by Crippen LogP contribution is -2.92. The fourth-order valence-corrected chi connectivity index (χ4v) is 23.1. The molecule has 0 aliphatic carbocycles. The van der Waals surface area contributed by atoms with E-state index in [1.807, 2.05) is 25.1 Å². The van der Waals surface area contributed by atoms with Gasteiger partial charge in [0, 0.05) is 31.5 Å². The van der Waals surface area contributed by atoms with E-state index in [1.54, 1.807) is 4.31 Å². The molecule has 1 N–H and O–H groups in total. The first kappa shape index (κ1) is 77.1. The Morgan fingerprint density at radius 1 is 0.513 bits per heavy atom. The summed E-state index contributed by atoms with van der Waals surface area (Å²) in [6.45, 7) is 94.5. The molecule has 0 saturated carbocycles. The van der Waals surface area contributed by atoms with Crippen molar-refractivity contribution in [2.75, 3.05) is 0 Å². The number of nitrogens with zero attached hydrogens (tertiary/aromatic N) is 5. The third-order valence-electron chi connectivity index (χ3n) is 17.8. The lowest BCUT2D eigenvalue weighted by Gasteiger charge is -2.82. The Hall–Kier alpha value is -0.910. The van der Waals surface area contributed by atoms with Gasteiger partial charge in [0.2, 0.25) is 0 Å². The molecule has 4 unspecified atom stereocenters. The summed E-state index contributed by atoms with van der Waals surface area (Å²) in [5.74, 6) is 0.101. The fourth-order valence-electron chi connectivity index (χ4n) is 18.3. The molecule has 1 aliphatic heterocycles. The van der Waals surface area contributed by atoms with Gasteiger partial charge in [0.15, 0.2) is 0 Å². The van der Waals surface area contributed by atoms with Crippen molar-refractivity contribution in [2.45, 2.75) is 344 Å². The third-order valence-corrected chi connectivity index (χ3v) is 21.3. The van der Waals surface area contributed by atoms with Crippen LogP contribution in [-0.2, 0) is 20.4 Å². The van der Waals surface area contributed by atoms with Gasteiger partial charge in [-0.25, -0.2) is 8.42 Å². The molecule has 1 rings (SSSR count). The average molecular weight is 1140 g/mol. The van der Waals surface area contributed by atoms with Crippen LogP contribution in [0, 0.1) is 81.7 Å². The zero-order valence-electron chi connectivity index (χ0n) is 60.1. The predicted molar refractivity (Wildman–Crippen MR) is 342 cm³/mol. The van der Waals surface area contributed by atoms with Crippen LogP contribution < -0.4 is 4.72 Å². The lowest BCUT2D eigenvalue weighted by atomic mass is 9.32. The Bertz CT molecular complexity index is 2290. The van der Waals surface area contributed by atoms with E-state index in [0.29, 0.717) is 0 Å². The standard InChI is InChI=1S/C33H68N4O2S.C33H68N2O2S/c1-25(2,3)22-24(27(7,8)9)32(28(10,11)12,23-26(4,5)6)33(29(13,14)15,30(16,17)18)37(31(19,20)21)40(38,39)36-35-34;1-24(2,3)22-31(26(7,8)9)32(27(10,11)12,23-25(4,5)6)34-38(36,37)35(30(19,20)21)33(31,28(13,14)15)29(16,17)18/h24H,22-23H2,1-21H3;34H,22-23H2,1-21H3. The minimum absolute atomic E-state index is 0.00984. The second-order valence-electron chi connectivity index (χ2n) is 40.0. The molecule has 0 aromatic heterocycles. The Kier molecular flexibility index (Phi) is 21.3. The molecule has 0 aromatic carbocycles. The van der Waals surface area contributed by atoms with Gasteiger partial charge in [0.25, 0.3) is 10.2 Å². The number of hydrogen-bond acceptors (Lipinski definition) is 4. The zero-order valence-corrected chi connectivity index (χ0v) is 61.7. The van der Waals surface area contributed by atoms with Crippen molar-refractivity contribution in [3.8, 4) is 0 Å². The first-order valence-electron chi connectivity index (χ1n) is 29.9. The van der Waals surface area contributed by atoms with Crippen LogP contribution in [0.1, 0.15) is 316 Å². The molecule has 1 fully saturated rings. The van der Waals surface area contributed by atoms with Crippen LogP contribution in [0.4, 0.5) is 0 Å². The molecule has 1 heterocycles. The summed E-state index contributed by atoms with van der Waals surface area (Å²) in [7, 11) is -8.36. The Labute approximate surface area is 488 Å². The van der Waals surface area contributed by atoms with Crippen LogP contribution in [0.3, 0.4) is 0 Å². The second-order valence-corrected chi connectivity index (χ2v) is 42.9. The van der Waals surface area contributed by atoms with Gasteiger partial charge in [-0.1, -0.05) is 249 Å². The number of azide groups is 1. The van der Waals surface area contributed by atoms with Crippen LogP contribution in [-0.4, -0.2) is 53.1 Å². The van der Waals surface area contributed by atoms with E-state index in [0.717, 1.165) is 25.7 Å². The topological polar surface area (TPSA) is 136 Å². The first-order valence-corrected chi connectivity index (χ1v) is 32.8. The molecular weight excluding hydrogens is 1000 g/mol. The molecule has 0 amide bonds. The van der Waals surface area contributed by atoms with Crippen molar-refractivity contribution in [1.82, 2.24) is 13.3 Å². The van der Waals surface area contributed by atoms with Crippen molar-refractivity contribution in [1.29, 1.82) is 0 Å². The zero-order chi connectivity index (χ0) is 64.2. The first-order chi connectivity index (χ1) is 33.0. The second kappa shape index (κ2) is 21.6. The van der Waals surface area contributed by atoms with Crippen LogP contribution in [0.5, 0.6) is 0 Å². The van der Waals surface area contributed by atoms with Crippen molar-refractivity contribution in [2.24, 2.45) is 86.2 Å². The van der Waals surface area contributed by atoms with Gasteiger partial charge in [-0.15, -0.1) is 0 Å². The highest BCUT2D eigenvalue weighted by Gasteiger charge is 2.83. The van der Waals surface area contributed by atoms with Crippen LogP contribution in [0.25, 0.3) is 10.4 Å². The Morgan fingerprint density at radius 2 is 0.872 bits per heavy atom. The smallest absolute Gasteiger partial charge is 0.204 e. The lowest BCUT2D eigenvalue weighted by molar-refractivity contribution is -0.277. The van der Waals surface area contributed by atoms with Gasteiger partial charge in [-0.3, -0.25) is 0 Å². The van der Waals surface area contributed by atoms with E-state index in [4.69, 9.17) is 0 Å². The predicted octanol–water partition coefficient (Wildman–Crippen LogP) is 20.5. The van der Waals surface area contributed by atoms with E-state index < -0.39 is 80.6 Å². The number of hydrogen-bond donors (Lipinski definition) is 1. The Balaban J connectivity index is 0.00000152. The minimum Gasteiger partial charge on any atom is -0.204 e. The molecule has 0 aromatic rings. The van der Waals surface area contributed by atoms with Crippen LogP contribution in [0.2, 0.25) is 0 Å². The highest BCUT2D eigenvalue weighted by atomic mass is 32.2. The molecule has 78 heavy (non-hydrogen) atoms. The largest absolute Gasteiger partial charge is 0.303 e. The molecule has 0 bridgehead atoms. The van der Waals surface area contributed by atoms with Gasteiger partial charge in [-0.2, -0.15) is 21.8 Å². The molecule has 1 saturated heterocycles. The van der Waals surface area contributed by atoms with E-state index in [9.17, 15) is 13.9 Å². The molecule has 12 heteroatoms. The number of rotatable bonds is 9. The highest BCUT2D eigenvalue weighted by molar-refractivity contribution is 7.87. The minimum atomic E-state index is -4.43. The van der Waals surface area contributed by atoms with E-state index in [2.05, 4.69) is 284 Å². The molecule has 10 nitrogen and oxygen atoms in total. The maximum Gasteiger partial charge on any atom is 0.303 e. The fraction of sp³-hybridized carbons (Fsp3) is 1.00. The molecule has 1 aliphatic rings. The SMILES string of the molecule is CC(C)(C)CC(C(C)(C)C)C(CC(C)(C)C)(C(C)(C)C)C(N(C(C)(C)C)S(=O)(=O)N=[N+]=[N-])(C(C)(C)C)C(C)(C)C.CC(C)(C)CC1(C(C)(C)C)NS(=O)(=O)N(C(C)(C)C)C(C(C)(C)C)(C(C)(C)C)C1(CC(C)(C)C)C(C)(C)C. The summed E-state index contributed by atoms with van der Waals surface area (Å²) < 4.78 is 70.0. The number of nitrogens with one attached hydrogen (secondary N) is 1. The summed E-state index contributed by atoms with van der Waals surface area (Å²) in [6, 6.07) is 0. The third kappa shape index (κ3) is 14.2. The van der Waals surface area contributed by atoms with E-state index in [1.165, 1.54) is 0 Å².